The lowest BCUT2D eigenvalue weighted by Gasteiger charge is -2.53. The fraction of sp³-hybridized carbons (Fsp3) is 0.650. The number of sulfone groups is 1. The van der Waals surface area contributed by atoms with Crippen molar-refractivity contribution in [2.75, 3.05) is 7.11 Å². The first-order chi connectivity index (χ1) is 23.8. The van der Waals surface area contributed by atoms with Crippen molar-refractivity contribution in [3.63, 3.8) is 0 Å². The van der Waals surface area contributed by atoms with Crippen LogP contribution in [0.4, 0.5) is 4.79 Å². The molecule has 0 spiro atoms. The highest BCUT2D eigenvalue weighted by molar-refractivity contribution is 7.92. The van der Waals surface area contributed by atoms with E-state index >= 15 is 8.42 Å². The first kappa shape index (κ1) is 36.8. The molecule has 0 bridgehead atoms. The zero-order chi connectivity index (χ0) is 35.8. The Kier molecular flexibility index (Phi) is 11.0. The van der Waals surface area contributed by atoms with Gasteiger partial charge < -0.3 is 18.9 Å². The third kappa shape index (κ3) is 7.35. The summed E-state index contributed by atoms with van der Waals surface area (Å²) in [5.41, 5.74) is -0.447. The molecular formula is C40H55NO8S. The maximum absolute atomic E-state index is 15.5. The number of carbonyl (C=O) groups excluding carboxylic acids is 2. The highest BCUT2D eigenvalue weighted by Gasteiger charge is 2.62. The number of amides is 1. The van der Waals surface area contributed by atoms with Crippen molar-refractivity contribution < 1.29 is 37.0 Å². The largest absolute Gasteiger partial charge is 0.455 e. The molecule has 274 valence electrons. The lowest BCUT2D eigenvalue weighted by molar-refractivity contribution is -0.132. The molecule has 6 rings (SSSR count). The fourth-order valence-electron chi connectivity index (χ4n) is 9.84. The van der Waals surface area contributed by atoms with Crippen molar-refractivity contribution in [1.29, 1.82) is 0 Å². The van der Waals surface area contributed by atoms with Crippen LogP contribution in [-0.2, 0) is 28.8 Å². The normalized spacial score (nSPS) is 32.7. The Morgan fingerprint density at radius 3 is 2.20 bits per heavy atom. The Hall–Kier alpha value is -2.95. The van der Waals surface area contributed by atoms with Crippen LogP contribution in [0.15, 0.2) is 65.6 Å². The average molecular weight is 710 g/mol. The van der Waals surface area contributed by atoms with E-state index in [0.717, 1.165) is 44.9 Å². The number of hydrogen-bond donors (Lipinski definition) is 0. The SMILES string of the molecule is CO[C@H]1O[C@@H](C)[C@@H]2[C@@H]1C[C@H]1CCCC[C@@H]1[C@H]2C(C(OC(=O)c1ccccc1)[C@@H]1CCC[C@@H](C)N1C(=O)OC(C)(C)C)S(=O)(=O)c1ccccc1. The molecule has 2 heterocycles. The van der Waals surface area contributed by atoms with Gasteiger partial charge in [-0.15, -0.1) is 0 Å². The minimum absolute atomic E-state index is 0.00876. The Morgan fingerprint density at radius 2 is 1.54 bits per heavy atom. The summed E-state index contributed by atoms with van der Waals surface area (Å²) in [5, 5.41) is -1.15. The molecule has 2 aliphatic heterocycles. The Labute approximate surface area is 298 Å². The molecule has 11 atom stereocenters. The van der Waals surface area contributed by atoms with E-state index in [-0.39, 0.29) is 40.7 Å². The first-order valence-corrected chi connectivity index (χ1v) is 20.1. The van der Waals surface area contributed by atoms with Crippen LogP contribution in [0.3, 0.4) is 0 Å². The molecule has 1 amide bonds. The fourth-order valence-corrected chi connectivity index (χ4v) is 12.1. The number of rotatable bonds is 8. The third-order valence-corrected chi connectivity index (χ3v) is 14.0. The van der Waals surface area contributed by atoms with Gasteiger partial charge in [0, 0.05) is 19.1 Å². The smallest absolute Gasteiger partial charge is 0.410 e. The highest BCUT2D eigenvalue weighted by atomic mass is 32.2. The van der Waals surface area contributed by atoms with Crippen LogP contribution in [0.2, 0.25) is 0 Å². The first-order valence-electron chi connectivity index (χ1n) is 18.6. The predicted octanol–water partition coefficient (Wildman–Crippen LogP) is 7.68. The van der Waals surface area contributed by atoms with Crippen molar-refractivity contribution in [1.82, 2.24) is 4.90 Å². The molecule has 2 aromatic carbocycles. The van der Waals surface area contributed by atoms with Crippen LogP contribution in [-0.4, -0.2) is 73.9 Å². The second kappa shape index (κ2) is 15.0. The number of ether oxygens (including phenoxy) is 4. The number of benzene rings is 2. The van der Waals surface area contributed by atoms with E-state index in [0.29, 0.717) is 12.0 Å². The standard InChI is InChI=1S/C40H55NO8S/c1-25-16-15-23-32(41(25)39(43)49-40(3,4)5)35(48-37(42)27-17-9-7-10-18-27)36(50(44,45)29-20-11-8-12-21-29)34-30-22-14-13-19-28(30)24-31-33(34)26(2)47-38(31)46-6/h7-12,17-18,20-21,25-26,28,30-36,38H,13-16,19,22-24H2,1-6H3/t25-,26+,28-,30+,31+,32+,33-,34-,35?,36?,38+/m1/s1. The van der Waals surface area contributed by atoms with Crippen molar-refractivity contribution >= 4 is 21.9 Å². The van der Waals surface area contributed by atoms with Crippen molar-refractivity contribution in [2.45, 2.75) is 132 Å². The summed E-state index contributed by atoms with van der Waals surface area (Å²) in [7, 11) is -2.51. The Bertz CT molecular complexity index is 1580. The Balaban J connectivity index is 1.57. The lowest BCUT2D eigenvalue weighted by atomic mass is 9.56. The maximum atomic E-state index is 15.5. The minimum Gasteiger partial charge on any atom is -0.455 e. The van der Waals surface area contributed by atoms with Crippen molar-refractivity contribution in [3.05, 3.63) is 66.2 Å². The number of likely N-dealkylation sites (tertiary alicyclic amines) is 1. The summed E-state index contributed by atoms with van der Waals surface area (Å²) in [5.74, 6) is -0.825. The van der Waals surface area contributed by atoms with E-state index in [1.807, 2.05) is 40.7 Å². The quantitative estimate of drug-likeness (QED) is 0.257. The van der Waals surface area contributed by atoms with Crippen LogP contribution in [0, 0.1) is 29.6 Å². The van der Waals surface area contributed by atoms with E-state index in [1.54, 1.807) is 66.6 Å². The summed E-state index contributed by atoms with van der Waals surface area (Å²) in [6.45, 7) is 9.46. The van der Waals surface area contributed by atoms with Gasteiger partial charge in [-0.25, -0.2) is 18.0 Å². The molecule has 0 radical (unpaired) electrons. The van der Waals surface area contributed by atoms with Gasteiger partial charge in [-0.2, -0.15) is 0 Å². The molecule has 50 heavy (non-hydrogen) atoms. The molecule has 2 saturated heterocycles. The summed E-state index contributed by atoms with van der Waals surface area (Å²) in [6.07, 6.45) is 4.42. The molecule has 4 aliphatic rings. The molecule has 2 saturated carbocycles. The van der Waals surface area contributed by atoms with E-state index in [9.17, 15) is 9.59 Å². The van der Waals surface area contributed by atoms with Gasteiger partial charge in [0.25, 0.3) is 0 Å². The number of piperidine rings is 1. The van der Waals surface area contributed by atoms with Crippen molar-refractivity contribution in [3.8, 4) is 0 Å². The maximum Gasteiger partial charge on any atom is 0.410 e. The van der Waals surface area contributed by atoms with Crippen LogP contribution in [0.5, 0.6) is 0 Å². The average Bonchev–Trinajstić information content (AvgIpc) is 3.41. The summed E-state index contributed by atoms with van der Waals surface area (Å²) < 4.78 is 56.1. The van der Waals surface area contributed by atoms with Gasteiger partial charge in [0.15, 0.2) is 16.1 Å². The number of carbonyl (C=O) groups is 2. The van der Waals surface area contributed by atoms with Gasteiger partial charge in [0.2, 0.25) is 0 Å². The number of methoxy groups -OCH3 is 1. The van der Waals surface area contributed by atoms with Gasteiger partial charge in [0.05, 0.1) is 22.6 Å². The molecule has 0 N–H and O–H groups in total. The molecule has 4 fully saturated rings. The van der Waals surface area contributed by atoms with Crippen LogP contribution >= 0.6 is 0 Å². The topological polar surface area (TPSA) is 108 Å². The van der Waals surface area contributed by atoms with Crippen LogP contribution < -0.4 is 0 Å². The third-order valence-electron chi connectivity index (χ3n) is 11.8. The molecular weight excluding hydrogens is 655 g/mol. The van der Waals surface area contributed by atoms with E-state index in [4.69, 9.17) is 18.9 Å². The van der Waals surface area contributed by atoms with Crippen LogP contribution in [0.25, 0.3) is 0 Å². The molecule has 2 aliphatic carbocycles. The van der Waals surface area contributed by atoms with Crippen LogP contribution in [0.1, 0.15) is 96.3 Å². The van der Waals surface area contributed by atoms with E-state index < -0.39 is 57.1 Å². The molecule has 2 aromatic rings. The number of fused-ring (bicyclic) bond motifs is 2. The summed E-state index contributed by atoms with van der Waals surface area (Å²) >= 11 is 0. The summed E-state index contributed by atoms with van der Waals surface area (Å²) in [4.78, 5) is 30.2. The van der Waals surface area contributed by atoms with Crippen molar-refractivity contribution in [2.24, 2.45) is 29.6 Å². The second-order valence-electron chi connectivity index (χ2n) is 16.0. The molecule has 2 unspecified atom stereocenters. The molecule has 0 aromatic heterocycles. The molecule has 10 heteroatoms. The van der Waals surface area contributed by atoms with Gasteiger partial charge in [-0.1, -0.05) is 55.7 Å². The molecule has 9 nitrogen and oxygen atoms in total. The van der Waals surface area contributed by atoms with E-state index in [2.05, 4.69) is 0 Å². The lowest BCUT2D eigenvalue weighted by Crippen LogP contribution is -2.63. The Morgan fingerprint density at radius 1 is 0.880 bits per heavy atom. The minimum atomic E-state index is -4.17. The van der Waals surface area contributed by atoms with Gasteiger partial charge in [0.1, 0.15) is 17.0 Å². The monoisotopic (exact) mass is 709 g/mol. The summed E-state index contributed by atoms with van der Waals surface area (Å²) in [6, 6.07) is 16.3. The number of esters is 1. The second-order valence-corrected chi connectivity index (χ2v) is 18.1. The predicted molar refractivity (Wildman–Crippen MR) is 190 cm³/mol. The number of nitrogens with zero attached hydrogens (tertiary/aromatic N) is 1. The highest BCUT2D eigenvalue weighted by Crippen LogP contribution is 2.58. The van der Waals surface area contributed by atoms with Gasteiger partial charge in [-0.3, -0.25) is 4.90 Å². The zero-order valence-corrected chi connectivity index (χ0v) is 31.2. The van der Waals surface area contributed by atoms with Gasteiger partial charge >= 0.3 is 12.1 Å². The van der Waals surface area contributed by atoms with Gasteiger partial charge in [-0.05, 0) is 115 Å². The van der Waals surface area contributed by atoms with E-state index in [1.165, 1.54) is 0 Å². The number of hydrogen-bond acceptors (Lipinski definition) is 8. The zero-order valence-electron chi connectivity index (χ0n) is 30.4.